The Balaban J connectivity index is 1.83. The number of hydrogen-bond acceptors (Lipinski definition) is 4. The minimum Gasteiger partial charge on any atom is -0.299 e. The first kappa shape index (κ1) is 17.0. The SMILES string of the molecule is O=C(CC(c1ccccc1)C1CCCC1=O)c1ccc([N+](=O)[O-])cc1. The third kappa shape index (κ3) is 3.82. The normalized spacial score (nSPS) is 18.1. The maximum absolute atomic E-state index is 12.7. The van der Waals surface area contributed by atoms with E-state index in [-0.39, 0.29) is 35.5 Å². The Labute approximate surface area is 145 Å². The van der Waals surface area contributed by atoms with Gasteiger partial charge < -0.3 is 0 Å². The van der Waals surface area contributed by atoms with Crippen molar-refractivity contribution in [2.75, 3.05) is 0 Å². The number of carbonyl (C=O) groups excluding carboxylic acids is 2. The Hall–Kier alpha value is -2.82. The average molecular weight is 337 g/mol. The van der Waals surface area contributed by atoms with Gasteiger partial charge in [0.25, 0.3) is 5.69 Å². The van der Waals surface area contributed by atoms with E-state index >= 15 is 0 Å². The largest absolute Gasteiger partial charge is 0.299 e. The lowest BCUT2D eigenvalue weighted by atomic mass is 9.80. The lowest BCUT2D eigenvalue weighted by molar-refractivity contribution is -0.384. The summed E-state index contributed by atoms with van der Waals surface area (Å²) in [6, 6.07) is 15.3. The summed E-state index contributed by atoms with van der Waals surface area (Å²) in [5, 5.41) is 10.7. The summed E-state index contributed by atoms with van der Waals surface area (Å²) < 4.78 is 0. The highest BCUT2D eigenvalue weighted by molar-refractivity contribution is 5.97. The molecule has 0 bridgehead atoms. The van der Waals surface area contributed by atoms with Gasteiger partial charge in [0.05, 0.1) is 4.92 Å². The minimum absolute atomic E-state index is 0.0397. The maximum Gasteiger partial charge on any atom is 0.269 e. The molecule has 0 aromatic heterocycles. The molecule has 5 heteroatoms. The molecule has 0 amide bonds. The van der Waals surface area contributed by atoms with Crippen molar-refractivity contribution in [3.63, 3.8) is 0 Å². The highest BCUT2D eigenvalue weighted by Gasteiger charge is 2.34. The number of ketones is 2. The van der Waals surface area contributed by atoms with E-state index in [1.807, 2.05) is 30.3 Å². The quantitative estimate of drug-likeness (QED) is 0.447. The van der Waals surface area contributed by atoms with Gasteiger partial charge in [-0.3, -0.25) is 19.7 Å². The van der Waals surface area contributed by atoms with Gasteiger partial charge in [-0.1, -0.05) is 30.3 Å². The molecule has 2 unspecified atom stereocenters. The topological polar surface area (TPSA) is 77.3 Å². The van der Waals surface area contributed by atoms with Gasteiger partial charge in [0.1, 0.15) is 5.78 Å². The van der Waals surface area contributed by atoms with Crippen LogP contribution in [0.4, 0.5) is 5.69 Å². The van der Waals surface area contributed by atoms with Gasteiger partial charge in [0.15, 0.2) is 5.78 Å². The molecule has 1 fully saturated rings. The maximum atomic E-state index is 12.7. The molecule has 2 atom stereocenters. The van der Waals surface area contributed by atoms with Crippen LogP contribution >= 0.6 is 0 Å². The molecule has 3 rings (SSSR count). The molecule has 0 aliphatic heterocycles. The Morgan fingerprint density at radius 2 is 1.80 bits per heavy atom. The van der Waals surface area contributed by atoms with Crippen LogP contribution in [0.1, 0.15) is 47.5 Å². The van der Waals surface area contributed by atoms with E-state index in [1.165, 1.54) is 24.3 Å². The fourth-order valence-electron chi connectivity index (χ4n) is 3.55. The van der Waals surface area contributed by atoms with Gasteiger partial charge in [0.2, 0.25) is 0 Å². The molecule has 0 N–H and O–H groups in total. The van der Waals surface area contributed by atoms with Crippen LogP contribution in [0.5, 0.6) is 0 Å². The first-order valence-corrected chi connectivity index (χ1v) is 8.41. The third-order valence-electron chi connectivity index (χ3n) is 4.87. The molecule has 1 saturated carbocycles. The monoisotopic (exact) mass is 337 g/mol. The molecule has 0 saturated heterocycles. The van der Waals surface area contributed by atoms with Crippen LogP contribution in [0, 0.1) is 16.0 Å². The molecular formula is C20H19NO4. The molecule has 0 radical (unpaired) electrons. The van der Waals surface area contributed by atoms with Gasteiger partial charge in [-0.15, -0.1) is 0 Å². The van der Waals surface area contributed by atoms with Gasteiger partial charge in [-0.2, -0.15) is 0 Å². The lowest BCUT2D eigenvalue weighted by Gasteiger charge is -2.22. The highest BCUT2D eigenvalue weighted by Crippen LogP contribution is 2.38. The van der Waals surface area contributed by atoms with Crippen molar-refractivity contribution in [2.24, 2.45) is 5.92 Å². The molecule has 25 heavy (non-hydrogen) atoms. The number of benzene rings is 2. The molecule has 1 aliphatic rings. The van der Waals surface area contributed by atoms with Gasteiger partial charge >= 0.3 is 0 Å². The number of nitro benzene ring substituents is 1. The number of rotatable bonds is 6. The van der Waals surface area contributed by atoms with E-state index in [9.17, 15) is 19.7 Å². The fraction of sp³-hybridized carbons (Fsp3) is 0.300. The number of hydrogen-bond donors (Lipinski definition) is 0. The summed E-state index contributed by atoms with van der Waals surface area (Å²) in [4.78, 5) is 35.2. The predicted molar refractivity (Wildman–Crippen MR) is 93.6 cm³/mol. The standard InChI is InChI=1S/C20H19NO4/c22-19-8-4-7-17(19)18(14-5-2-1-3-6-14)13-20(23)15-9-11-16(12-10-15)21(24)25/h1-3,5-6,9-12,17-18H,4,7-8,13H2. The van der Waals surface area contributed by atoms with E-state index in [0.29, 0.717) is 12.0 Å². The van der Waals surface area contributed by atoms with Crippen molar-refractivity contribution < 1.29 is 14.5 Å². The molecule has 2 aromatic rings. The lowest BCUT2D eigenvalue weighted by Crippen LogP contribution is -2.20. The second kappa shape index (κ2) is 7.38. The van der Waals surface area contributed by atoms with Crippen LogP contribution < -0.4 is 0 Å². The smallest absolute Gasteiger partial charge is 0.269 e. The zero-order valence-electron chi connectivity index (χ0n) is 13.8. The molecular weight excluding hydrogens is 318 g/mol. The predicted octanol–water partition coefficient (Wildman–Crippen LogP) is 4.32. The molecule has 2 aromatic carbocycles. The van der Waals surface area contributed by atoms with Crippen molar-refractivity contribution in [1.82, 2.24) is 0 Å². The Morgan fingerprint density at radius 1 is 1.12 bits per heavy atom. The van der Waals surface area contributed by atoms with Gasteiger partial charge in [-0.05, 0) is 30.5 Å². The molecule has 0 spiro atoms. The Bertz CT molecular complexity index is 783. The van der Waals surface area contributed by atoms with Crippen molar-refractivity contribution in [1.29, 1.82) is 0 Å². The number of non-ortho nitro benzene ring substituents is 1. The number of nitro groups is 1. The van der Waals surface area contributed by atoms with Gasteiger partial charge in [0, 0.05) is 42.4 Å². The first-order valence-electron chi connectivity index (χ1n) is 8.41. The zero-order chi connectivity index (χ0) is 17.8. The van der Waals surface area contributed by atoms with Crippen LogP contribution in [-0.4, -0.2) is 16.5 Å². The van der Waals surface area contributed by atoms with Crippen LogP contribution in [-0.2, 0) is 4.79 Å². The molecule has 128 valence electrons. The zero-order valence-corrected chi connectivity index (χ0v) is 13.8. The number of carbonyl (C=O) groups is 2. The van der Waals surface area contributed by atoms with Crippen molar-refractivity contribution >= 4 is 17.3 Å². The van der Waals surface area contributed by atoms with E-state index < -0.39 is 4.92 Å². The summed E-state index contributed by atoms with van der Waals surface area (Å²) in [5.41, 5.74) is 1.40. The second-order valence-corrected chi connectivity index (χ2v) is 6.41. The van der Waals surface area contributed by atoms with Crippen molar-refractivity contribution in [2.45, 2.75) is 31.6 Å². The van der Waals surface area contributed by atoms with Crippen LogP contribution in [0.15, 0.2) is 54.6 Å². The van der Waals surface area contributed by atoms with Crippen LogP contribution in [0.2, 0.25) is 0 Å². The Kier molecular flexibility index (Phi) is 5.03. The van der Waals surface area contributed by atoms with E-state index in [1.54, 1.807) is 0 Å². The summed E-state index contributed by atoms with van der Waals surface area (Å²) in [6.07, 6.45) is 2.50. The van der Waals surface area contributed by atoms with Crippen LogP contribution in [0.3, 0.4) is 0 Å². The van der Waals surface area contributed by atoms with Crippen LogP contribution in [0.25, 0.3) is 0 Å². The molecule has 5 nitrogen and oxygen atoms in total. The number of Topliss-reactive ketones (excluding diaryl/α,β-unsaturated/α-hetero) is 2. The minimum atomic E-state index is -0.488. The first-order chi connectivity index (χ1) is 12.1. The van der Waals surface area contributed by atoms with E-state index in [4.69, 9.17) is 0 Å². The third-order valence-corrected chi connectivity index (χ3v) is 4.87. The second-order valence-electron chi connectivity index (χ2n) is 6.41. The summed E-state index contributed by atoms with van der Waals surface area (Å²) in [5.74, 6) is -0.128. The van der Waals surface area contributed by atoms with E-state index in [0.717, 1.165) is 18.4 Å². The summed E-state index contributed by atoms with van der Waals surface area (Å²) in [6.45, 7) is 0. The van der Waals surface area contributed by atoms with E-state index in [2.05, 4.69) is 0 Å². The highest BCUT2D eigenvalue weighted by atomic mass is 16.6. The van der Waals surface area contributed by atoms with Crippen molar-refractivity contribution in [3.05, 3.63) is 75.8 Å². The van der Waals surface area contributed by atoms with Crippen molar-refractivity contribution in [3.8, 4) is 0 Å². The summed E-state index contributed by atoms with van der Waals surface area (Å²) in [7, 11) is 0. The summed E-state index contributed by atoms with van der Waals surface area (Å²) >= 11 is 0. The van der Waals surface area contributed by atoms with Gasteiger partial charge in [-0.25, -0.2) is 0 Å². The molecule has 1 aliphatic carbocycles. The molecule has 0 heterocycles. The fourth-order valence-corrected chi connectivity index (χ4v) is 3.55. The average Bonchev–Trinajstić information content (AvgIpc) is 3.06. The Morgan fingerprint density at radius 3 is 2.36 bits per heavy atom. The number of nitrogens with zero attached hydrogens (tertiary/aromatic N) is 1.